The SMILES string of the molecule is O=C1C(=Cc2cc(Br)c(OCc3ccc(Cl)cc3)c(Br)c2)SC(=NC2CCCCC2)N1C1CCCCC1. The van der Waals surface area contributed by atoms with Crippen LogP contribution >= 0.6 is 55.2 Å². The summed E-state index contributed by atoms with van der Waals surface area (Å²) in [5.74, 6) is 0.827. The fourth-order valence-electron chi connectivity index (χ4n) is 5.29. The normalized spacial score (nSPS) is 21.8. The number of hydrogen-bond donors (Lipinski definition) is 0. The summed E-state index contributed by atoms with van der Waals surface area (Å²) in [5, 5.41) is 1.62. The van der Waals surface area contributed by atoms with Crippen LogP contribution in [0.15, 0.2) is 55.2 Å². The Labute approximate surface area is 245 Å². The number of hydrogen-bond acceptors (Lipinski definition) is 4. The van der Waals surface area contributed by atoms with Crippen molar-refractivity contribution in [3.05, 3.63) is 66.4 Å². The molecule has 2 aromatic carbocycles. The van der Waals surface area contributed by atoms with E-state index in [0.29, 0.717) is 17.7 Å². The monoisotopic (exact) mass is 664 g/mol. The molecule has 0 aromatic heterocycles. The summed E-state index contributed by atoms with van der Waals surface area (Å²) in [7, 11) is 0. The maximum Gasteiger partial charge on any atom is 0.266 e. The molecule has 0 spiro atoms. The first-order valence-corrected chi connectivity index (χ1v) is 15.9. The van der Waals surface area contributed by atoms with Crippen LogP contribution in [0.5, 0.6) is 5.75 Å². The molecule has 1 saturated heterocycles. The second kappa shape index (κ2) is 12.7. The number of nitrogens with zero attached hydrogens (tertiary/aromatic N) is 2. The summed E-state index contributed by atoms with van der Waals surface area (Å²) >= 11 is 14.9. The summed E-state index contributed by atoms with van der Waals surface area (Å²) < 4.78 is 7.74. The Hall–Kier alpha value is -1.28. The Bertz CT molecular complexity index is 1170. The third kappa shape index (κ3) is 6.84. The molecule has 196 valence electrons. The quantitative estimate of drug-likeness (QED) is 0.289. The van der Waals surface area contributed by atoms with Crippen LogP contribution < -0.4 is 4.74 Å². The summed E-state index contributed by atoms with van der Waals surface area (Å²) in [6, 6.07) is 12.2. The molecule has 0 N–H and O–H groups in total. The number of benzene rings is 2. The highest BCUT2D eigenvalue weighted by Gasteiger charge is 2.39. The van der Waals surface area contributed by atoms with Crippen molar-refractivity contribution >= 4 is 72.4 Å². The van der Waals surface area contributed by atoms with Gasteiger partial charge in [0.1, 0.15) is 12.4 Å². The average molecular weight is 667 g/mol. The zero-order valence-electron chi connectivity index (χ0n) is 20.7. The molecule has 3 aliphatic rings. The molecular formula is C29H31Br2ClN2O2S. The third-order valence-corrected chi connectivity index (χ3v) is 9.69. The molecule has 1 amide bonds. The number of amides is 1. The van der Waals surface area contributed by atoms with Crippen molar-refractivity contribution in [3.8, 4) is 5.75 Å². The van der Waals surface area contributed by atoms with Crippen molar-refractivity contribution in [2.75, 3.05) is 0 Å². The minimum atomic E-state index is 0.0989. The van der Waals surface area contributed by atoms with Gasteiger partial charge in [0, 0.05) is 11.1 Å². The molecule has 1 aliphatic heterocycles. The molecule has 1 heterocycles. The minimum absolute atomic E-state index is 0.0989. The third-order valence-electron chi connectivity index (χ3n) is 7.26. The molecule has 0 bridgehead atoms. The van der Waals surface area contributed by atoms with Gasteiger partial charge < -0.3 is 4.74 Å². The molecule has 2 aliphatic carbocycles. The zero-order valence-corrected chi connectivity index (χ0v) is 25.5. The number of carbonyl (C=O) groups is 1. The highest BCUT2D eigenvalue weighted by Crippen LogP contribution is 2.40. The maximum absolute atomic E-state index is 13.7. The zero-order chi connectivity index (χ0) is 25.8. The second-order valence-corrected chi connectivity index (χ2v) is 13.2. The van der Waals surface area contributed by atoms with Crippen LogP contribution in [-0.4, -0.2) is 28.1 Å². The van der Waals surface area contributed by atoms with E-state index in [9.17, 15) is 4.79 Å². The van der Waals surface area contributed by atoms with Gasteiger partial charge in [0.25, 0.3) is 5.91 Å². The molecular weight excluding hydrogens is 636 g/mol. The van der Waals surface area contributed by atoms with E-state index in [1.807, 2.05) is 47.4 Å². The summed E-state index contributed by atoms with van der Waals surface area (Å²) in [6.45, 7) is 0.431. The molecule has 0 radical (unpaired) electrons. The second-order valence-electron chi connectivity index (χ2n) is 10.0. The minimum Gasteiger partial charge on any atom is -0.487 e. The van der Waals surface area contributed by atoms with Gasteiger partial charge in [0.15, 0.2) is 5.17 Å². The van der Waals surface area contributed by atoms with Gasteiger partial charge in [-0.2, -0.15) is 0 Å². The molecule has 8 heteroatoms. The molecule has 0 atom stereocenters. The lowest BCUT2D eigenvalue weighted by Gasteiger charge is -2.31. The Kier molecular flexibility index (Phi) is 9.38. The van der Waals surface area contributed by atoms with Crippen LogP contribution in [0.25, 0.3) is 6.08 Å². The van der Waals surface area contributed by atoms with E-state index < -0.39 is 0 Å². The van der Waals surface area contributed by atoms with E-state index in [0.717, 1.165) is 61.6 Å². The van der Waals surface area contributed by atoms with E-state index in [1.54, 1.807) is 11.8 Å². The molecule has 5 rings (SSSR count). The highest BCUT2D eigenvalue weighted by molar-refractivity contribution is 9.11. The topological polar surface area (TPSA) is 41.9 Å². The lowest BCUT2D eigenvalue weighted by molar-refractivity contribution is -0.124. The summed E-state index contributed by atoms with van der Waals surface area (Å²) in [6.07, 6.45) is 13.8. The molecule has 4 nitrogen and oxygen atoms in total. The van der Waals surface area contributed by atoms with Crippen molar-refractivity contribution in [1.82, 2.24) is 4.90 Å². The van der Waals surface area contributed by atoms with Gasteiger partial charge in [-0.3, -0.25) is 14.7 Å². The van der Waals surface area contributed by atoms with Crippen molar-refractivity contribution in [1.29, 1.82) is 0 Å². The molecule has 2 aromatic rings. The van der Waals surface area contributed by atoms with Gasteiger partial charge in [0.2, 0.25) is 0 Å². The van der Waals surface area contributed by atoms with Gasteiger partial charge in [-0.15, -0.1) is 0 Å². The van der Waals surface area contributed by atoms with Crippen LogP contribution in [0.1, 0.15) is 75.3 Å². The summed E-state index contributed by atoms with van der Waals surface area (Å²) in [4.78, 5) is 21.6. The van der Waals surface area contributed by atoms with Crippen molar-refractivity contribution in [3.63, 3.8) is 0 Å². The van der Waals surface area contributed by atoms with Gasteiger partial charge in [-0.25, -0.2) is 0 Å². The first kappa shape index (κ1) is 27.3. The first-order chi connectivity index (χ1) is 18.0. The maximum atomic E-state index is 13.7. The van der Waals surface area contributed by atoms with Gasteiger partial charge >= 0.3 is 0 Å². The van der Waals surface area contributed by atoms with Crippen LogP contribution in [0.4, 0.5) is 0 Å². The Morgan fingerprint density at radius 1 is 0.973 bits per heavy atom. The lowest BCUT2D eigenvalue weighted by atomic mass is 9.94. The van der Waals surface area contributed by atoms with E-state index >= 15 is 0 Å². The number of aliphatic imine (C=N–C) groups is 1. The molecule has 2 saturated carbocycles. The smallest absolute Gasteiger partial charge is 0.266 e. The number of halogens is 3. The van der Waals surface area contributed by atoms with E-state index in [2.05, 4.69) is 31.9 Å². The summed E-state index contributed by atoms with van der Waals surface area (Å²) in [5.41, 5.74) is 1.98. The number of amidine groups is 1. The van der Waals surface area contributed by atoms with Crippen molar-refractivity contribution in [2.45, 2.75) is 82.9 Å². The van der Waals surface area contributed by atoms with Crippen molar-refractivity contribution in [2.24, 2.45) is 4.99 Å². The Balaban J connectivity index is 1.37. The Morgan fingerprint density at radius 3 is 2.24 bits per heavy atom. The van der Waals surface area contributed by atoms with Crippen LogP contribution in [0.3, 0.4) is 0 Å². The van der Waals surface area contributed by atoms with E-state index in [4.69, 9.17) is 21.3 Å². The molecule has 37 heavy (non-hydrogen) atoms. The predicted molar refractivity (Wildman–Crippen MR) is 161 cm³/mol. The van der Waals surface area contributed by atoms with E-state index in [-0.39, 0.29) is 11.9 Å². The largest absolute Gasteiger partial charge is 0.487 e. The first-order valence-electron chi connectivity index (χ1n) is 13.1. The van der Waals surface area contributed by atoms with Crippen LogP contribution in [0, 0.1) is 0 Å². The lowest BCUT2D eigenvalue weighted by Crippen LogP contribution is -2.41. The number of carbonyl (C=O) groups excluding carboxylic acids is 1. The predicted octanol–water partition coefficient (Wildman–Crippen LogP) is 9.38. The van der Waals surface area contributed by atoms with Crippen LogP contribution in [-0.2, 0) is 11.4 Å². The Morgan fingerprint density at radius 2 is 1.59 bits per heavy atom. The van der Waals surface area contributed by atoms with E-state index in [1.165, 1.54) is 38.5 Å². The standard InChI is InChI=1S/C29H31Br2ClN2O2S/c30-24-15-20(16-25(31)27(24)36-18-19-11-13-21(32)14-12-19)17-26-28(35)34(23-9-5-2-6-10-23)29(37-26)33-22-7-3-1-4-8-22/h11-17,22-23H,1-10,18H2. The van der Waals surface area contributed by atoms with Gasteiger partial charge in [-0.1, -0.05) is 62.3 Å². The molecule has 0 unspecified atom stereocenters. The van der Waals surface area contributed by atoms with Gasteiger partial charge in [-0.05, 0) is 111 Å². The van der Waals surface area contributed by atoms with Crippen molar-refractivity contribution < 1.29 is 9.53 Å². The number of thioether (sulfide) groups is 1. The van der Waals surface area contributed by atoms with Gasteiger partial charge in [0.05, 0.1) is 19.9 Å². The van der Waals surface area contributed by atoms with Crippen LogP contribution in [0.2, 0.25) is 5.02 Å². The average Bonchev–Trinajstić information content (AvgIpc) is 3.19. The molecule has 3 fully saturated rings. The fraction of sp³-hybridized carbons (Fsp3) is 0.448. The highest BCUT2D eigenvalue weighted by atomic mass is 79.9. The fourth-order valence-corrected chi connectivity index (χ4v) is 7.98. The number of ether oxygens (including phenoxy) is 1. The number of rotatable bonds is 6.